The number of ether oxygens (including phenoxy) is 1. The maximum Gasteiger partial charge on any atom is 0.134 e. The highest BCUT2D eigenvalue weighted by Gasteiger charge is 2.09. The van der Waals surface area contributed by atoms with E-state index < -0.39 is 0 Å². The molecule has 0 atom stereocenters. The van der Waals surface area contributed by atoms with E-state index in [-0.39, 0.29) is 0 Å². The van der Waals surface area contributed by atoms with Crippen LogP contribution in [0, 0.1) is 0 Å². The summed E-state index contributed by atoms with van der Waals surface area (Å²) in [5, 5.41) is 5.17. The number of hydrogen-bond donors (Lipinski definition) is 1. The normalized spacial score (nSPS) is 16.4. The van der Waals surface area contributed by atoms with E-state index in [1.165, 1.54) is 0 Å². The molecule has 1 aromatic carbocycles. The summed E-state index contributed by atoms with van der Waals surface area (Å²) in [5.74, 6) is 0. The van der Waals surface area contributed by atoms with E-state index in [4.69, 9.17) is 16.3 Å². The van der Waals surface area contributed by atoms with E-state index in [0.29, 0.717) is 5.15 Å². The Morgan fingerprint density at radius 3 is 2.90 bits per heavy atom. The van der Waals surface area contributed by atoms with Gasteiger partial charge in [-0.3, -0.25) is 4.90 Å². The Labute approximate surface area is 130 Å². The molecule has 0 aliphatic carbocycles. The van der Waals surface area contributed by atoms with Crippen molar-refractivity contribution in [3.8, 4) is 0 Å². The molecule has 5 heteroatoms. The number of nitrogens with zero attached hydrogens (tertiary/aromatic N) is 2. The minimum atomic E-state index is 0.590. The molecule has 0 saturated carbocycles. The van der Waals surface area contributed by atoms with Crippen molar-refractivity contribution in [2.45, 2.75) is 6.54 Å². The Morgan fingerprint density at radius 1 is 1.24 bits per heavy atom. The second-order valence-electron chi connectivity index (χ2n) is 5.26. The smallest absolute Gasteiger partial charge is 0.134 e. The molecule has 1 aliphatic rings. The number of rotatable bonds is 5. The molecule has 0 unspecified atom stereocenters. The first-order valence-electron chi connectivity index (χ1n) is 7.38. The van der Waals surface area contributed by atoms with Gasteiger partial charge in [0.25, 0.3) is 0 Å². The van der Waals surface area contributed by atoms with Gasteiger partial charge in [-0.05, 0) is 12.1 Å². The van der Waals surface area contributed by atoms with Gasteiger partial charge in [0.05, 0.1) is 18.7 Å². The lowest BCUT2D eigenvalue weighted by Crippen LogP contribution is -2.40. The Bertz CT molecular complexity index is 599. The van der Waals surface area contributed by atoms with Crippen LogP contribution >= 0.6 is 11.6 Å². The maximum absolute atomic E-state index is 6.25. The van der Waals surface area contributed by atoms with E-state index in [9.17, 15) is 0 Å². The molecule has 21 heavy (non-hydrogen) atoms. The summed E-state index contributed by atoms with van der Waals surface area (Å²) >= 11 is 6.25. The number of para-hydroxylation sites is 1. The molecule has 2 aromatic rings. The molecule has 0 spiro atoms. The van der Waals surface area contributed by atoms with Gasteiger partial charge < -0.3 is 10.1 Å². The van der Waals surface area contributed by atoms with Crippen LogP contribution in [0.3, 0.4) is 0 Å². The van der Waals surface area contributed by atoms with Crippen molar-refractivity contribution in [1.82, 2.24) is 15.2 Å². The van der Waals surface area contributed by atoms with Gasteiger partial charge >= 0.3 is 0 Å². The fraction of sp³-hybridized carbons (Fsp3) is 0.438. The molecule has 1 fully saturated rings. The van der Waals surface area contributed by atoms with Crippen molar-refractivity contribution in [1.29, 1.82) is 0 Å². The van der Waals surface area contributed by atoms with E-state index in [1.54, 1.807) is 0 Å². The number of morpholine rings is 1. The van der Waals surface area contributed by atoms with Crippen molar-refractivity contribution in [2.24, 2.45) is 0 Å². The van der Waals surface area contributed by atoms with E-state index in [1.807, 2.05) is 18.2 Å². The minimum Gasteiger partial charge on any atom is -0.379 e. The van der Waals surface area contributed by atoms with Crippen LogP contribution in [0.25, 0.3) is 10.9 Å². The van der Waals surface area contributed by atoms with E-state index in [2.05, 4.69) is 27.3 Å². The first-order chi connectivity index (χ1) is 10.3. The van der Waals surface area contributed by atoms with Crippen LogP contribution < -0.4 is 5.32 Å². The molecule has 2 heterocycles. The fourth-order valence-corrected chi connectivity index (χ4v) is 2.76. The Hall–Kier alpha value is -1.20. The third-order valence-corrected chi connectivity index (χ3v) is 4.10. The summed E-state index contributed by atoms with van der Waals surface area (Å²) in [6.07, 6.45) is 0. The zero-order valence-electron chi connectivity index (χ0n) is 12.0. The summed E-state index contributed by atoms with van der Waals surface area (Å²) in [6.45, 7) is 6.49. The van der Waals surface area contributed by atoms with Crippen LogP contribution in [0.15, 0.2) is 30.3 Å². The molecule has 112 valence electrons. The van der Waals surface area contributed by atoms with Gasteiger partial charge in [-0.1, -0.05) is 29.8 Å². The highest BCUT2D eigenvalue weighted by molar-refractivity contribution is 6.30. The summed E-state index contributed by atoms with van der Waals surface area (Å²) in [6, 6.07) is 10.2. The van der Waals surface area contributed by atoms with Crippen LogP contribution in [0.2, 0.25) is 5.15 Å². The third-order valence-electron chi connectivity index (χ3n) is 3.77. The van der Waals surface area contributed by atoms with Crippen molar-refractivity contribution < 1.29 is 4.74 Å². The lowest BCUT2D eigenvalue weighted by Gasteiger charge is -2.26. The topological polar surface area (TPSA) is 37.4 Å². The lowest BCUT2D eigenvalue weighted by atomic mass is 10.1. The summed E-state index contributed by atoms with van der Waals surface area (Å²) in [4.78, 5) is 6.86. The molecule has 0 amide bonds. The average molecular weight is 306 g/mol. The summed E-state index contributed by atoms with van der Waals surface area (Å²) in [7, 11) is 0. The number of nitrogens with one attached hydrogen (secondary N) is 1. The number of pyridine rings is 1. The quantitative estimate of drug-likeness (QED) is 0.679. The molecule has 0 bridgehead atoms. The molecule has 1 aliphatic heterocycles. The minimum absolute atomic E-state index is 0.590. The van der Waals surface area contributed by atoms with E-state index >= 15 is 0 Å². The van der Waals surface area contributed by atoms with Crippen LogP contribution in [-0.4, -0.2) is 49.3 Å². The standard InChI is InChI=1S/C16H20ClN3O/c17-16-14(11-13-3-1-2-4-15(13)19-16)12-18-5-6-20-7-9-21-10-8-20/h1-4,11,18H,5-10,12H2. The second kappa shape index (κ2) is 7.18. The van der Waals surface area contributed by atoms with Gasteiger partial charge in [-0.2, -0.15) is 0 Å². The highest BCUT2D eigenvalue weighted by atomic mass is 35.5. The van der Waals surface area contributed by atoms with Crippen molar-refractivity contribution in [3.05, 3.63) is 41.0 Å². The predicted octanol–water partition coefficient (Wildman–Crippen LogP) is 2.31. The van der Waals surface area contributed by atoms with E-state index in [0.717, 1.165) is 62.4 Å². The largest absolute Gasteiger partial charge is 0.379 e. The van der Waals surface area contributed by atoms with Gasteiger partial charge in [0.1, 0.15) is 5.15 Å². The molecule has 1 saturated heterocycles. The SMILES string of the molecule is Clc1nc2ccccc2cc1CNCCN1CCOCC1. The summed E-state index contributed by atoms with van der Waals surface area (Å²) in [5.41, 5.74) is 2.00. The van der Waals surface area contributed by atoms with Gasteiger partial charge in [0.2, 0.25) is 0 Å². The van der Waals surface area contributed by atoms with Crippen LogP contribution in [0.5, 0.6) is 0 Å². The Morgan fingerprint density at radius 2 is 2.05 bits per heavy atom. The monoisotopic (exact) mass is 305 g/mol. The Kier molecular flexibility index (Phi) is 5.04. The molecule has 3 rings (SSSR count). The number of benzene rings is 1. The van der Waals surface area contributed by atoms with Crippen molar-refractivity contribution >= 4 is 22.5 Å². The second-order valence-corrected chi connectivity index (χ2v) is 5.62. The first kappa shape index (κ1) is 14.7. The lowest BCUT2D eigenvalue weighted by molar-refractivity contribution is 0.0384. The predicted molar refractivity (Wildman–Crippen MR) is 85.7 cm³/mol. The van der Waals surface area contributed by atoms with Gasteiger partial charge in [0.15, 0.2) is 0 Å². The van der Waals surface area contributed by atoms with Crippen molar-refractivity contribution in [3.63, 3.8) is 0 Å². The zero-order chi connectivity index (χ0) is 14.5. The van der Waals surface area contributed by atoms with Crippen molar-refractivity contribution in [2.75, 3.05) is 39.4 Å². The molecule has 4 nitrogen and oxygen atoms in total. The van der Waals surface area contributed by atoms with Gasteiger partial charge in [0, 0.05) is 43.7 Å². The number of aromatic nitrogens is 1. The maximum atomic E-state index is 6.25. The molecule has 1 N–H and O–H groups in total. The third kappa shape index (κ3) is 3.92. The highest BCUT2D eigenvalue weighted by Crippen LogP contribution is 2.20. The molecule has 1 aromatic heterocycles. The zero-order valence-corrected chi connectivity index (χ0v) is 12.8. The number of hydrogen-bond acceptors (Lipinski definition) is 4. The van der Waals surface area contributed by atoms with Crippen LogP contribution in [0.4, 0.5) is 0 Å². The van der Waals surface area contributed by atoms with Crippen LogP contribution in [0.1, 0.15) is 5.56 Å². The van der Waals surface area contributed by atoms with Crippen LogP contribution in [-0.2, 0) is 11.3 Å². The van der Waals surface area contributed by atoms with Gasteiger partial charge in [-0.25, -0.2) is 4.98 Å². The first-order valence-corrected chi connectivity index (χ1v) is 7.76. The molecule has 0 radical (unpaired) electrons. The molecular weight excluding hydrogens is 286 g/mol. The Balaban J connectivity index is 1.53. The molecular formula is C16H20ClN3O. The number of halogens is 1. The average Bonchev–Trinajstić information content (AvgIpc) is 2.53. The summed E-state index contributed by atoms with van der Waals surface area (Å²) < 4.78 is 5.34. The van der Waals surface area contributed by atoms with Gasteiger partial charge in [-0.15, -0.1) is 0 Å². The number of fused-ring (bicyclic) bond motifs is 1. The fourth-order valence-electron chi connectivity index (χ4n) is 2.55.